The Balaban J connectivity index is 1.24. The molecule has 54 heavy (non-hydrogen) atoms. The van der Waals surface area contributed by atoms with E-state index in [9.17, 15) is 0 Å². The average Bonchev–Trinajstić information content (AvgIpc) is 3.72. The molecule has 2 nitrogen and oxygen atoms in total. The molecule has 1 aromatic heterocycles. The van der Waals surface area contributed by atoms with Crippen molar-refractivity contribution in [3.63, 3.8) is 0 Å². The van der Waals surface area contributed by atoms with Gasteiger partial charge in [-0.1, -0.05) is 115 Å². The minimum Gasteiger partial charge on any atom is -0.311 e. The molecule has 0 amide bonds. The molecule has 5 aromatic carbocycles. The number of para-hydroxylation sites is 1. The highest BCUT2D eigenvalue weighted by Crippen LogP contribution is 2.52. The molecule has 0 radical (unpaired) electrons. The summed E-state index contributed by atoms with van der Waals surface area (Å²) >= 11 is 1.99. The number of benzene rings is 5. The molecule has 4 aliphatic rings. The Labute approximate surface area is 327 Å². The Kier molecular flexibility index (Phi) is 7.91. The fourth-order valence-electron chi connectivity index (χ4n) is 11.0. The van der Waals surface area contributed by atoms with Gasteiger partial charge in [0.25, 0.3) is 0 Å². The van der Waals surface area contributed by atoms with Crippen molar-refractivity contribution in [1.82, 2.24) is 0 Å². The topological polar surface area (TPSA) is 7.12 Å². The smallest absolute Gasteiger partial charge is 0.311 e. The van der Waals surface area contributed by atoms with Crippen LogP contribution >= 0.6 is 11.3 Å². The molecule has 3 atom stereocenters. The predicted molar refractivity (Wildman–Crippen MR) is 232 cm³/mol. The van der Waals surface area contributed by atoms with E-state index >= 15 is 0 Å². The number of thiazole rings is 1. The molecule has 272 valence electrons. The first-order valence-corrected chi connectivity index (χ1v) is 21.6. The zero-order valence-electron chi connectivity index (χ0n) is 33.5. The number of nitrogens with zero attached hydrogens (tertiary/aromatic N) is 2. The van der Waals surface area contributed by atoms with Crippen molar-refractivity contribution in [1.29, 1.82) is 0 Å². The van der Waals surface area contributed by atoms with Crippen molar-refractivity contribution >= 4 is 56.4 Å². The molecule has 0 N–H and O–H groups in total. The standard InChI is InChI=1S/C50H54BN2S/c1-29(2)35-17-18-43-44(26-35)52(40-24-37(30(3)4)22-38(25-40)31(5)6)45-20-32(7)19-42-41-13-10-14-46-48(41)53(51(43)47(42)45)49(54-46)36-11-9-12-39(23-36)50(8)27-33-15-16-34(21-33)28-50/h9-14,17-20,22-26,29-31,33-34H,15-16,21,27-28H2,1-8H3/q+1/t33-,34+,50?. The van der Waals surface area contributed by atoms with Crippen LogP contribution in [0, 0.1) is 18.8 Å². The molecule has 0 spiro atoms. The summed E-state index contributed by atoms with van der Waals surface area (Å²) in [7, 11) is 0. The first-order valence-electron chi connectivity index (χ1n) is 20.8. The van der Waals surface area contributed by atoms with Crippen molar-refractivity contribution in [3.05, 3.63) is 119 Å². The third-order valence-corrected chi connectivity index (χ3v) is 15.0. The van der Waals surface area contributed by atoms with E-state index in [0.29, 0.717) is 17.8 Å². The van der Waals surface area contributed by atoms with E-state index in [4.69, 9.17) is 0 Å². The van der Waals surface area contributed by atoms with E-state index in [1.807, 2.05) is 11.3 Å². The lowest BCUT2D eigenvalue weighted by atomic mass is 9.45. The van der Waals surface area contributed by atoms with Crippen LogP contribution in [0.2, 0.25) is 0 Å². The van der Waals surface area contributed by atoms with Crippen LogP contribution in [0.3, 0.4) is 0 Å². The molecule has 6 aromatic rings. The van der Waals surface area contributed by atoms with Crippen LogP contribution in [-0.4, -0.2) is 6.85 Å². The molecular formula is C50H54BN2S+. The molecule has 2 aliphatic carbocycles. The maximum absolute atomic E-state index is 2.76. The quantitative estimate of drug-likeness (QED) is 0.155. The maximum Gasteiger partial charge on any atom is 0.565 e. The van der Waals surface area contributed by atoms with Gasteiger partial charge in [-0.15, -0.1) is 0 Å². The molecule has 10 rings (SSSR count). The molecule has 2 aliphatic heterocycles. The zero-order valence-corrected chi connectivity index (χ0v) is 34.3. The van der Waals surface area contributed by atoms with E-state index in [-0.39, 0.29) is 12.3 Å². The summed E-state index contributed by atoms with van der Waals surface area (Å²) in [6.45, 7) is 18.9. The van der Waals surface area contributed by atoms with Gasteiger partial charge >= 0.3 is 6.85 Å². The van der Waals surface area contributed by atoms with Crippen LogP contribution < -0.4 is 20.3 Å². The number of fused-ring (bicyclic) bond motifs is 6. The predicted octanol–water partition coefficient (Wildman–Crippen LogP) is 12.4. The molecule has 2 fully saturated rings. The number of hydrogen-bond acceptors (Lipinski definition) is 2. The van der Waals surface area contributed by atoms with E-state index in [1.165, 1.54) is 120 Å². The molecule has 4 heteroatoms. The summed E-state index contributed by atoms with van der Waals surface area (Å²) in [5, 5.41) is 1.38. The second-order valence-electron chi connectivity index (χ2n) is 18.6. The lowest BCUT2D eigenvalue weighted by molar-refractivity contribution is -0.485. The third kappa shape index (κ3) is 5.22. The van der Waals surface area contributed by atoms with E-state index in [1.54, 1.807) is 0 Å². The van der Waals surface area contributed by atoms with E-state index in [0.717, 1.165) is 11.8 Å². The maximum atomic E-state index is 2.76. The molecule has 0 saturated heterocycles. The van der Waals surface area contributed by atoms with Crippen LogP contribution in [0.5, 0.6) is 0 Å². The monoisotopic (exact) mass is 725 g/mol. The minimum absolute atomic E-state index is 0.0735. The second kappa shape index (κ2) is 12.4. The van der Waals surface area contributed by atoms with Gasteiger partial charge in [-0.3, -0.25) is 4.48 Å². The molecule has 2 saturated carbocycles. The average molecular weight is 726 g/mol. The Morgan fingerprint density at radius 1 is 0.722 bits per heavy atom. The van der Waals surface area contributed by atoms with Crippen molar-refractivity contribution < 1.29 is 4.48 Å². The van der Waals surface area contributed by atoms with Crippen LogP contribution in [-0.2, 0) is 5.41 Å². The van der Waals surface area contributed by atoms with Gasteiger partial charge in [-0.05, 0) is 143 Å². The molecule has 2 bridgehead atoms. The van der Waals surface area contributed by atoms with E-state index < -0.39 is 0 Å². The highest BCUT2D eigenvalue weighted by Gasteiger charge is 2.52. The SMILES string of the molecule is Cc1cc2c3c(c1)N(c1cc(C(C)C)cc(C(C)C)c1)c1cc(C(C)C)ccc1B3[n+]1c(-c3cccc(C4(C)C[C@@H]5CC[C@@H](C5)C4)c3)sc3cccc-2c31. The van der Waals surface area contributed by atoms with Crippen molar-refractivity contribution in [2.75, 3.05) is 4.90 Å². The number of aryl methyl sites for hydroxylation is 1. The molecule has 1 unspecified atom stereocenters. The van der Waals surface area contributed by atoms with Crippen LogP contribution in [0.25, 0.3) is 31.9 Å². The first-order chi connectivity index (χ1) is 26.0. The van der Waals surface area contributed by atoms with Gasteiger partial charge < -0.3 is 4.90 Å². The van der Waals surface area contributed by atoms with Crippen molar-refractivity contribution in [2.45, 2.75) is 111 Å². The normalized spacial score (nSPS) is 21.1. The van der Waals surface area contributed by atoms with Crippen molar-refractivity contribution in [3.8, 4) is 21.7 Å². The largest absolute Gasteiger partial charge is 0.565 e. The van der Waals surface area contributed by atoms with Gasteiger partial charge in [0.15, 0.2) is 0 Å². The Hall–Kier alpha value is -4.15. The zero-order chi connectivity index (χ0) is 37.2. The van der Waals surface area contributed by atoms with Gasteiger partial charge in [0, 0.05) is 28.0 Å². The summed E-state index contributed by atoms with van der Waals surface area (Å²) in [6.07, 6.45) is 6.97. The summed E-state index contributed by atoms with van der Waals surface area (Å²) in [5.74, 6) is 3.11. The summed E-state index contributed by atoms with van der Waals surface area (Å²) in [4.78, 5) is 2.64. The van der Waals surface area contributed by atoms with Crippen LogP contribution in [0.4, 0.5) is 17.1 Å². The first kappa shape index (κ1) is 34.4. The van der Waals surface area contributed by atoms with Gasteiger partial charge in [0.05, 0.1) is 11.1 Å². The lowest BCUT2D eigenvalue weighted by Gasteiger charge is -2.38. The summed E-state index contributed by atoms with van der Waals surface area (Å²) in [6, 6.07) is 36.6. The third-order valence-electron chi connectivity index (χ3n) is 13.8. The number of aromatic nitrogens is 1. The Morgan fingerprint density at radius 2 is 1.43 bits per heavy atom. The fraction of sp³-hybridized carbons (Fsp3) is 0.380. The Morgan fingerprint density at radius 3 is 2.13 bits per heavy atom. The highest BCUT2D eigenvalue weighted by atomic mass is 32.1. The number of anilines is 3. The fourth-order valence-corrected chi connectivity index (χ4v) is 12.2. The van der Waals surface area contributed by atoms with Gasteiger partial charge in [-0.2, -0.15) is 0 Å². The van der Waals surface area contributed by atoms with Crippen molar-refractivity contribution in [2.24, 2.45) is 11.8 Å². The van der Waals surface area contributed by atoms with Crippen LogP contribution in [0.1, 0.15) is 126 Å². The van der Waals surface area contributed by atoms with Gasteiger partial charge in [0.1, 0.15) is 4.70 Å². The number of rotatable bonds is 6. The van der Waals surface area contributed by atoms with Gasteiger partial charge in [0.2, 0.25) is 10.5 Å². The van der Waals surface area contributed by atoms with Gasteiger partial charge in [-0.25, -0.2) is 0 Å². The van der Waals surface area contributed by atoms with E-state index in [2.05, 4.69) is 156 Å². The summed E-state index contributed by atoms with van der Waals surface area (Å²) in [5.41, 5.74) is 19.5. The highest BCUT2D eigenvalue weighted by molar-refractivity contribution is 7.21. The van der Waals surface area contributed by atoms with Crippen LogP contribution in [0.15, 0.2) is 91.0 Å². The Bertz CT molecular complexity index is 2450. The lowest BCUT2D eigenvalue weighted by Crippen LogP contribution is -2.70. The number of hydrogen-bond donors (Lipinski definition) is 0. The minimum atomic E-state index is 0.0735. The summed E-state index contributed by atoms with van der Waals surface area (Å²) < 4.78 is 4.13. The second-order valence-corrected chi connectivity index (χ2v) is 19.7. The molecule has 3 heterocycles. The molecular weight excluding hydrogens is 671 g/mol.